The van der Waals surface area contributed by atoms with E-state index in [-0.39, 0.29) is 5.84 Å². The average Bonchev–Trinajstić information content (AvgIpc) is 2.24. The van der Waals surface area contributed by atoms with E-state index in [1.165, 1.54) is 5.56 Å². The zero-order valence-electron chi connectivity index (χ0n) is 9.99. The maximum atomic E-state index is 7.09. The van der Waals surface area contributed by atoms with Gasteiger partial charge in [0.05, 0.1) is 12.4 Å². The summed E-state index contributed by atoms with van der Waals surface area (Å²) in [5, 5.41) is 7.09. The first-order valence-corrected chi connectivity index (χ1v) is 5.65. The van der Waals surface area contributed by atoms with Crippen molar-refractivity contribution >= 4 is 5.84 Å². The van der Waals surface area contributed by atoms with Crippen LogP contribution in [0.3, 0.4) is 0 Å². The molecule has 0 unspecified atom stereocenters. The fourth-order valence-corrected chi connectivity index (χ4v) is 1.42. The van der Waals surface area contributed by atoms with Crippen molar-refractivity contribution in [2.45, 2.75) is 32.6 Å². The van der Waals surface area contributed by atoms with Crippen molar-refractivity contribution in [3.8, 4) is 5.75 Å². The number of ether oxygens (including phenoxy) is 1. The molecule has 0 heterocycles. The van der Waals surface area contributed by atoms with Gasteiger partial charge in [-0.25, -0.2) is 0 Å². The average molecular weight is 220 g/mol. The van der Waals surface area contributed by atoms with Crippen LogP contribution >= 0.6 is 0 Å². The van der Waals surface area contributed by atoms with Crippen LogP contribution in [-0.4, -0.2) is 12.4 Å². The topological polar surface area (TPSA) is 59.1 Å². The second kappa shape index (κ2) is 6.16. The van der Waals surface area contributed by atoms with Gasteiger partial charge < -0.3 is 10.5 Å². The highest BCUT2D eigenvalue weighted by Crippen LogP contribution is 2.20. The Bertz CT molecular complexity index is 348. The van der Waals surface area contributed by atoms with Gasteiger partial charge in [0, 0.05) is 6.42 Å². The quantitative estimate of drug-likeness (QED) is 0.440. The summed E-state index contributed by atoms with van der Waals surface area (Å²) in [5.41, 5.74) is 6.55. The predicted molar refractivity (Wildman–Crippen MR) is 67.2 cm³/mol. The second-order valence-corrected chi connectivity index (χ2v) is 4.20. The highest BCUT2D eigenvalue weighted by molar-refractivity contribution is 5.76. The summed E-state index contributed by atoms with van der Waals surface area (Å²) in [7, 11) is 0. The van der Waals surface area contributed by atoms with Crippen molar-refractivity contribution in [3.05, 3.63) is 29.8 Å². The normalized spacial score (nSPS) is 10.4. The Balaban J connectivity index is 2.42. The number of hydrogen-bond acceptors (Lipinski definition) is 2. The number of rotatable bonds is 6. The predicted octanol–water partition coefficient (Wildman–Crippen LogP) is 2.90. The van der Waals surface area contributed by atoms with E-state index >= 15 is 0 Å². The molecule has 0 amide bonds. The summed E-state index contributed by atoms with van der Waals surface area (Å²) < 4.78 is 5.60. The summed E-state index contributed by atoms with van der Waals surface area (Å²) in [6, 6.07) is 8.14. The molecule has 0 spiro atoms. The molecule has 0 aromatic heterocycles. The molecule has 1 aromatic rings. The zero-order chi connectivity index (χ0) is 12.0. The molecule has 0 fully saturated rings. The second-order valence-electron chi connectivity index (χ2n) is 4.20. The Morgan fingerprint density at radius 3 is 2.81 bits per heavy atom. The molecule has 88 valence electrons. The molecule has 0 bridgehead atoms. The minimum absolute atomic E-state index is 0.222. The molecule has 16 heavy (non-hydrogen) atoms. The fourth-order valence-electron chi connectivity index (χ4n) is 1.42. The monoisotopic (exact) mass is 220 g/mol. The van der Waals surface area contributed by atoms with E-state index in [1.54, 1.807) is 0 Å². The van der Waals surface area contributed by atoms with E-state index in [0.29, 0.717) is 18.9 Å². The first kappa shape index (κ1) is 12.6. The van der Waals surface area contributed by atoms with E-state index in [2.05, 4.69) is 26.0 Å². The van der Waals surface area contributed by atoms with Crippen LogP contribution in [0.5, 0.6) is 5.75 Å². The van der Waals surface area contributed by atoms with Crippen LogP contribution in [0.15, 0.2) is 24.3 Å². The summed E-state index contributed by atoms with van der Waals surface area (Å²) in [4.78, 5) is 0. The van der Waals surface area contributed by atoms with Gasteiger partial charge in [-0.3, -0.25) is 5.41 Å². The summed E-state index contributed by atoms with van der Waals surface area (Å²) >= 11 is 0. The fraction of sp³-hybridized carbons (Fsp3) is 0.462. The number of nitrogens with two attached hydrogens (primary N) is 1. The minimum Gasteiger partial charge on any atom is -0.494 e. The van der Waals surface area contributed by atoms with Crippen molar-refractivity contribution in [1.82, 2.24) is 0 Å². The summed E-state index contributed by atoms with van der Waals surface area (Å²) in [5.74, 6) is 1.63. The molecular weight excluding hydrogens is 200 g/mol. The Kier molecular flexibility index (Phi) is 4.83. The van der Waals surface area contributed by atoms with Gasteiger partial charge in [0.2, 0.25) is 0 Å². The SMILES string of the molecule is CC(C)c1cccc(OCCCC(=N)N)c1. The van der Waals surface area contributed by atoms with Gasteiger partial charge in [0.15, 0.2) is 0 Å². The lowest BCUT2D eigenvalue weighted by atomic mass is 10.0. The molecule has 0 saturated carbocycles. The lowest BCUT2D eigenvalue weighted by Crippen LogP contribution is -2.11. The molecule has 3 nitrogen and oxygen atoms in total. The van der Waals surface area contributed by atoms with Crippen LogP contribution < -0.4 is 10.5 Å². The van der Waals surface area contributed by atoms with Gasteiger partial charge in [-0.1, -0.05) is 26.0 Å². The molecule has 3 N–H and O–H groups in total. The van der Waals surface area contributed by atoms with E-state index in [4.69, 9.17) is 15.9 Å². The van der Waals surface area contributed by atoms with Gasteiger partial charge in [-0.2, -0.15) is 0 Å². The lowest BCUT2D eigenvalue weighted by molar-refractivity contribution is 0.313. The van der Waals surface area contributed by atoms with Gasteiger partial charge in [0.25, 0.3) is 0 Å². The van der Waals surface area contributed by atoms with Crippen molar-refractivity contribution in [2.75, 3.05) is 6.61 Å². The third-order valence-corrected chi connectivity index (χ3v) is 2.38. The van der Waals surface area contributed by atoms with Crippen molar-refractivity contribution in [3.63, 3.8) is 0 Å². The molecule has 0 atom stereocenters. The molecular formula is C13H20N2O. The molecule has 0 aliphatic carbocycles. The number of benzene rings is 1. The van der Waals surface area contributed by atoms with Crippen LogP contribution in [0.2, 0.25) is 0 Å². The molecule has 0 radical (unpaired) electrons. The highest BCUT2D eigenvalue weighted by atomic mass is 16.5. The van der Waals surface area contributed by atoms with Crippen LogP contribution in [0.1, 0.15) is 38.2 Å². The highest BCUT2D eigenvalue weighted by Gasteiger charge is 2.00. The standard InChI is InChI=1S/C13H20N2O/c1-10(2)11-5-3-6-12(9-11)16-8-4-7-13(14)15/h3,5-6,9-10H,4,7-8H2,1-2H3,(H3,14,15). The Morgan fingerprint density at radius 2 is 2.19 bits per heavy atom. The van der Waals surface area contributed by atoms with Gasteiger partial charge in [-0.15, -0.1) is 0 Å². The molecule has 1 rings (SSSR count). The van der Waals surface area contributed by atoms with Crippen LogP contribution in [-0.2, 0) is 0 Å². The first-order chi connectivity index (χ1) is 7.59. The summed E-state index contributed by atoms with van der Waals surface area (Å²) in [6.07, 6.45) is 1.39. The number of amidine groups is 1. The Labute approximate surface area is 97.1 Å². The van der Waals surface area contributed by atoms with E-state index in [0.717, 1.165) is 12.2 Å². The largest absolute Gasteiger partial charge is 0.494 e. The van der Waals surface area contributed by atoms with Crippen molar-refractivity contribution in [1.29, 1.82) is 5.41 Å². The smallest absolute Gasteiger partial charge is 0.119 e. The van der Waals surface area contributed by atoms with Crippen molar-refractivity contribution < 1.29 is 4.74 Å². The molecule has 0 aliphatic rings. The molecule has 0 aliphatic heterocycles. The Morgan fingerprint density at radius 1 is 1.44 bits per heavy atom. The molecule has 1 aromatic carbocycles. The van der Waals surface area contributed by atoms with Crippen LogP contribution in [0, 0.1) is 5.41 Å². The number of hydrogen-bond donors (Lipinski definition) is 2. The van der Waals surface area contributed by atoms with E-state index in [1.807, 2.05) is 12.1 Å². The lowest BCUT2D eigenvalue weighted by Gasteiger charge is -2.09. The number of nitrogens with one attached hydrogen (secondary N) is 1. The van der Waals surface area contributed by atoms with Gasteiger partial charge in [0.1, 0.15) is 5.75 Å². The van der Waals surface area contributed by atoms with Crippen LogP contribution in [0.4, 0.5) is 0 Å². The van der Waals surface area contributed by atoms with Gasteiger partial charge >= 0.3 is 0 Å². The van der Waals surface area contributed by atoms with Gasteiger partial charge in [-0.05, 0) is 30.0 Å². The third-order valence-electron chi connectivity index (χ3n) is 2.38. The van der Waals surface area contributed by atoms with E-state index < -0.39 is 0 Å². The van der Waals surface area contributed by atoms with Crippen LogP contribution in [0.25, 0.3) is 0 Å². The first-order valence-electron chi connectivity index (χ1n) is 5.65. The Hall–Kier alpha value is -1.51. The molecule has 0 saturated heterocycles. The zero-order valence-corrected chi connectivity index (χ0v) is 9.99. The minimum atomic E-state index is 0.222. The van der Waals surface area contributed by atoms with Crippen molar-refractivity contribution in [2.24, 2.45) is 5.73 Å². The molecule has 3 heteroatoms. The maximum absolute atomic E-state index is 7.09. The maximum Gasteiger partial charge on any atom is 0.119 e. The third kappa shape index (κ3) is 4.34. The summed E-state index contributed by atoms with van der Waals surface area (Å²) in [6.45, 7) is 4.94. The van der Waals surface area contributed by atoms with E-state index in [9.17, 15) is 0 Å².